The molecule has 0 bridgehead atoms. The molecule has 1 atom stereocenters. The van der Waals surface area contributed by atoms with Gasteiger partial charge >= 0.3 is 6.36 Å². The van der Waals surface area contributed by atoms with Gasteiger partial charge in [-0.2, -0.15) is 0 Å². The average molecular weight is 476 g/mol. The Morgan fingerprint density at radius 2 is 1.97 bits per heavy atom. The second-order valence-electron chi connectivity index (χ2n) is 7.28. The first-order chi connectivity index (χ1) is 16.1. The number of halogens is 3. The van der Waals surface area contributed by atoms with Crippen molar-refractivity contribution in [2.24, 2.45) is 4.99 Å². The average Bonchev–Trinajstić information content (AvgIpc) is 2.80. The third-order valence-electron chi connectivity index (χ3n) is 4.88. The molecule has 182 valence electrons. The summed E-state index contributed by atoms with van der Waals surface area (Å²) in [4.78, 5) is 16.2. The zero-order chi connectivity index (χ0) is 25.3. The molecule has 0 aliphatic heterocycles. The van der Waals surface area contributed by atoms with E-state index in [-0.39, 0.29) is 12.3 Å². The Labute approximate surface area is 196 Å². The molecule has 0 fully saturated rings. The molecule has 2 rings (SSSR count). The van der Waals surface area contributed by atoms with Gasteiger partial charge in [-0.05, 0) is 65.9 Å². The Morgan fingerprint density at radius 1 is 1.29 bits per heavy atom. The van der Waals surface area contributed by atoms with Gasteiger partial charge in [0.2, 0.25) is 5.91 Å². The predicted molar refractivity (Wildman–Crippen MR) is 125 cm³/mol. The summed E-state index contributed by atoms with van der Waals surface area (Å²) in [6, 6.07) is 7.05. The molecule has 0 saturated heterocycles. The predicted octanol–water partition coefficient (Wildman–Crippen LogP) is 5.06. The molecule has 2 aromatic carbocycles. The van der Waals surface area contributed by atoms with Gasteiger partial charge in [0.05, 0.1) is 12.3 Å². The summed E-state index contributed by atoms with van der Waals surface area (Å²) in [6.07, 6.45) is 1.000. The number of ether oxygens (including phenoxy) is 1. The number of nitrogens with one attached hydrogen (secondary N) is 1. The van der Waals surface area contributed by atoms with E-state index in [2.05, 4.69) is 21.6 Å². The normalized spacial score (nSPS) is 12.8. The van der Waals surface area contributed by atoms with Gasteiger partial charge in [-0.3, -0.25) is 9.79 Å². The number of benzene rings is 2. The van der Waals surface area contributed by atoms with Crippen LogP contribution in [-0.4, -0.2) is 35.3 Å². The van der Waals surface area contributed by atoms with Gasteiger partial charge in [-0.15, -0.1) is 13.2 Å². The van der Waals surface area contributed by atoms with Crippen LogP contribution in [0.4, 0.5) is 18.9 Å². The highest BCUT2D eigenvalue weighted by atomic mass is 19.4. The molecule has 0 saturated carbocycles. The van der Waals surface area contributed by atoms with Gasteiger partial charge in [0.1, 0.15) is 11.9 Å². The fraction of sp³-hybridized carbons (Fsp3) is 0.280. The zero-order valence-electron chi connectivity index (χ0n) is 18.9. The molecule has 2 aromatic rings. The first-order valence-electron chi connectivity index (χ1n) is 10.5. The lowest BCUT2D eigenvalue weighted by atomic mass is 9.90. The number of aliphatic hydroxyl groups excluding tert-OH is 2. The van der Waals surface area contributed by atoms with E-state index in [0.29, 0.717) is 33.5 Å². The number of rotatable bonds is 10. The summed E-state index contributed by atoms with van der Waals surface area (Å²) < 4.78 is 41.5. The van der Waals surface area contributed by atoms with E-state index < -0.39 is 25.0 Å². The molecule has 0 aliphatic rings. The van der Waals surface area contributed by atoms with Crippen molar-refractivity contribution in [1.82, 2.24) is 5.32 Å². The summed E-state index contributed by atoms with van der Waals surface area (Å²) >= 11 is 0. The lowest BCUT2D eigenvalue weighted by molar-refractivity contribution is -0.274. The van der Waals surface area contributed by atoms with Crippen molar-refractivity contribution < 1.29 is 32.9 Å². The minimum Gasteiger partial charge on any atom is -0.406 e. The largest absolute Gasteiger partial charge is 0.573 e. The maximum atomic E-state index is 12.5. The van der Waals surface area contributed by atoms with Crippen molar-refractivity contribution in [3.63, 3.8) is 0 Å². The molecule has 6 nitrogen and oxygen atoms in total. The van der Waals surface area contributed by atoms with Gasteiger partial charge in [0.15, 0.2) is 0 Å². The van der Waals surface area contributed by atoms with Crippen LogP contribution < -0.4 is 10.1 Å². The van der Waals surface area contributed by atoms with Crippen molar-refractivity contribution in [1.29, 1.82) is 0 Å². The second kappa shape index (κ2) is 12.2. The number of alkyl halides is 3. The molecule has 1 unspecified atom stereocenters. The number of carbonyl (C=O) groups excluding carboxylic acids is 1. The third kappa shape index (κ3) is 7.29. The molecule has 3 N–H and O–H groups in total. The number of allylic oxidation sites excluding steroid dienone is 2. The number of nitrogens with zero attached hydrogens (tertiary/aromatic N) is 1. The van der Waals surface area contributed by atoms with Crippen LogP contribution >= 0.6 is 0 Å². The Hall–Kier alpha value is -3.43. The fourth-order valence-corrected chi connectivity index (χ4v) is 3.32. The summed E-state index contributed by atoms with van der Waals surface area (Å²) in [6.45, 7) is 6.56. The molecular weight excluding hydrogens is 449 g/mol. The van der Waals surface area contributed by atoms with E-state index >= 15 is 0 Å². The van der Waals surface area contributed by atoms with Crippen LogP contribution in [0.25, 0.3) is 11.1 Å². The Balaban J connectivity index is 2.67. The van der Waals surface area contributed by atoms with Crippen LogP contribution in [-0.2, 0) is 11.3 Å². The first kappa shape index (κ1) is 26.8. The monoisotopic (exact) mass is 476 g/mol. The number of aliphatic imine (C=N–C) groups is 1. The lowest BCUT2D eigenvalue weighted by Crippen LogP contribution is -2.22. The van der Waals surface area contributed by atoms with Crippen molar-refractivity contribution in [2.45, 2.75) is 39.3 Å². The standard InChI is InChI=1S/C25H27F3N2O4/c1-4-6-7-12-29-24-16(3)20(17-8-10-19(11-9-17)34-25(26,27)28)13-18(14-30-22(33)5-2)23(24)21(32)15-31/h5-13,21,31-32H,2,4,14-15H2,1,3H3,(H,30,33)/b7-6+,29-12?. The number of hydrogen-bond acceptors (Lipinski definition) is 5. The number of amides is 1. The van der Waals surface area contributed by atoms with E-state index in [4.69, 9.17) is 0 Å². The molecule has 0 aromatic heterocycles. The third-order valence-corrected chi connectivity index (χ3v) is 4.88. The fourth-order valence-electron chi connectivity index (χ4n) is 3.32. The molecule has 0 radical (unpaired) electrons. The van der Waals surface area contributed by atoms with Crippen LogP contribution in [0.15, 0.2) is 60.1 Å². The number of aliphatic hydroxyl groups is 2. The first-order valence-corrected chi connectivity index (χ1v) is 10.5. The van der Waals surface area contributed by atoms with Gasteiger partial charge in [-0.1, -0.05) is 31.7 Å². The maximum absolute atomic E-state index is 12.5. The highest BCUT2D eigenvalue weighted by Crippen LogP contribution is 2.39. The van der Waals surface area contributed by atoms with Crippen molar-refractivity contribution >= 4 is 17.8 Å². The molecule has 34 heavy (non-hydrogen) atoms. The van der Waals surface area contributed by atoms with Gasteiger partial charge < -0.3 is 20.3 Å². The summed E-state index contributed by atoms with van der Waals surface area (Å²) in [5, 5.41) is 22.8. The highest BCUT2D eigenvalue weighted by molar-refractivity contribution is 5.87. The molecule has 0 aliphatic carbocycles. The van der Waals surface area contributed by atoms with E-state index in [1.54, 1.807) is 25.3 Å². The summed E-state index contributed by atoms with van der Waals surface area (Å²) in [7, 11) is 0. The van der Waals surface area contributed by atoms with Crippen LogP contribution in [0.5, 0.6) is 5.75 Å². The SMILES string of the molecule is C=CC(=O)NCc1cc(-c2ccc(OC(F)(F)F)cc2)c(C)c(N=C/C=C/CC)c1C(O)CO. The van der Waals surface area contributed by atoms with Crippen LogP contribution in [0.2, 0.25) is 0 Å². The molecule has 0 spiro atoms. The molecule has 9 heteroatoms. The van der Waals surface area contributed by atoms with Crippen molar-refractivity contribution in [2.75, 3.05) is 6.61 Å². The molecular formula is C25H27F3N2O4. The minimum absolute atomic E-state index is 0.00706. The number of hydrogen-bond donors (Lipinski definition) is 3. The number of carbonyl (C=O) groups is 1. The summed E-state index contributed by atoms with van der Waals surface area (Å²) in [5.74, 6) is -0.793. The van der Waals surface area contributed by atoms with Gasteiger partial charge in [-0.25, -0.2) is 0 Å². The van der Waals surface area contributed by atoms with E-state index in [9.17, 15) is 28.2 Å². The minimum atomic E-state index is -4.80. The zero-order valence-corrected chi connectivity index (χ0v) is 18.9. The van der Waals surface area contributed by atoms with Crippen LogP contribution in [0.1, 0.15) is 36.1 Å². The topological polar surface area (TPSA) is 91.2 Å². The van der Waals surface area contributed by atoms with Gasteiger partial charge in [0.25, 0.3) is 0 Å². The van der Waals surface area contributed by atoms with Crippen LogP contribution in [0, 0.1) is 6.92 Å². The Kier molecular flexibility index (Phi) is 9.58. The van der Waals surface area contributed by atoms with Crippen molar-refractivity contribution in [3.05, 3.63) is 71.8 Å². The van der Waals surface area contributed by atoms with E-state index in [1.165, 1.54) is 24.3 Å². The van der Waals surface area contributed by atoms with Crippen molar-refractivity contribution in [3.8, 4) is 16.9 Å². The lowest BCUT2D eigenvalue weighted by Gasteiger charge is -2.21. The maximum Gasteiger partial charge on any atom is 0.573 e. The Morgan fingerprint density at radius 3 is 2.53 bits per heavy atom. The quantitative estimate of drug-likeness (QED) is 0.330. The summed E-state index contributed by atoms with van der Waals surface area (Å²) in [5.41, 5.74) is 3.05. The smallest absolute Gasteiger partial charge is 0.406 e. The molecule has 1 amide bonds. The molecule has 0 heterocycles. The van der Waals surface area contributed by atoms with Gasteiger partial charge in [0, 0.05) is 18.3 Å². The Bertz CT molecular complexity index is 1060. The van der Waals surface area contributed by atoms with E-state index in [1.807, 2.05) is 13.0 Å². The van der Waals surface area contributed by atoms with E-state index in [0.717, 1.165) is 12.5 Å². The highest BCUT2D eigenvalue weighted by Gasteiger charge is 2.31. The van der Waals surface area contributed by atoms with Crippen LogP contribution in [0.3, 0.4) is 0 Å². The second-order valence-corrected chi connectivity index (χ2v) is 7.28.